The molecule has 1 aromatic heterocycles. The summed E-state index contributed by atoms with van der Waals surface area (Å²) in [5.41, 5.74) is 4.33. The molecule has 2 N–H and O–H groups in total. The molecule has 7 rings (SSSR count). The zero-order valence-electron chi connectivity index (χ0n) is 20.1. The van der Waals surface area contributed by atoms with E-state index in [1.54, 1.807) is 12.1 Å². The number of hydrogen-bond donors (Lipinski definition) is 2. The first-order valence-corrected chi connectivity index (χ1v) is 13.8. The van der Waals surface area contributed by atoms with Crippen LogP contribution in [0.15, 0.2) is 42.5 Å². The molecule has 4 fully saturated rings. The van der Waals surface area contributed by atoms with Gasteiger partial charge in [-0.2, -0.15) is 5.10 Å². The number of carbonyl (C=O) groups is 1. The van der Waals surface area contributed by atoms with Crippen LogP contribution in [0.5, 0.6) is 0 Å². The Morgan fingerprint density at radius 2 is 1.58 bits per heavy atom. The summed E-state index contributed by atoms with van der Waals surface area (Å²) in [6.45, 7) is 2.34. The Morgan fingerprint density at radius 3 is 2.22 bits per heavy atom. The summed E-state index contributed by atoms with van der Waals surface area (Å²) in [5, 5.41) is 13.0. The van der Waals surface area contributed by atoms with Crippen LogP contribution in [0.1, 0.15) is 43.4 Å². The summed E-state index contributed by atoms with van der Waals surface area (Å²) < 4.78 is 1.82. The van der Waals surface area contributed by atoms with Gasteiger partial charge in [-0.15, -0.1) is 0 Å². The van der Waals surface area contributed by atoms with E-state index in [2.05, 4.69) is 10.6 Å². The first kappa shape index (κ1) is 24.1. The largest absolute Gasteiger partial charge is 0.335 e. The lowest BCUT2D eigenvalue weighted by Gasteiger charge is -2.54. The van der Waals surface area contributed by atoms with Gasteiger partial charge in [-0.3, -0.25) is 0 Å². The maximum absolute atomic E-state index is 13.0. The fourth-order valence-corrected chi connectivity index (χ4v) is 7.62. The van der Waals surface area contributed by atoms with Crippen LogP contribution in [0.3, 0.4) is 0 Å². The van der Waals surface area contributed by atoms with Crippen molar-refractivity contribution in [1.29, 1.82) is 0 Å². The second-order valence-corrected chi connectivity index (χ2v) is 12.0. The number of urea groups is 1. The van der Waals surface area contributed by atoms with Crippen LogP contribution in [0, 0.1) is 30.6 Å². The van der Waals surface area contributed by atoms with Crippen molar-refractivity contribution in [3.05, 3.63) is 68.8 Å². The fourth-order valence-electron chi connectivity index (χ4n) is 7.01. The van der Waals surface area contributed by atoms with Gasteiger partial charge in [0.15, 0.2) is 0 Å². The van der Waals surface area contributed by atoms with Gasteiger partial charge in [0.1, 0.15) is 0 Å². The van der Waals surface area contributed by atoms with Crippen LogP contribution in [-0.4, -0.2) is 21.9 Å². The number of carbonyl (C=O) groups excluding carboxylic acids is 1. The number of halogens is 3. The topological polar surface area (TPSA) is 59.0 Å². The van der Waals surface area contributed by atoms with Crippen molar-refractivity contribution >= 4 is 40.8 Å². The Balaban J connectivity index is 1.24. The highest BCUT2D eigenvalue weighted by atomic mass is 35.5. The number of rotatable bonds is 5. The predicted octanol–water partition coefficient (Wildman–Crippen LogP) is 7.43. The molecule has 8 heteroatoms. The standard InChI is InChI=1S/C28H29Cl3N4O/c1-15-24(14-32-28(36)33-26-19-9-16-8-17(11-19)12-20(26)10-16)34-35(25-7-6-22(30)13-23(25)31)27(15)18-2-4-21(29)5-3-18/h2-7,13,16-17,19-20,26H,8-12,14H2,1H3,(H2,32,33,36). The molecule has 1 heterocycles. The van der Waals surface area contributed by atoms with Gasteiger partial charge in [0.2, 0.25) is 0 Å². The molecule has 4 bridgehead atoms. The second-order valence-electron chi connectivity index (χ2n) is 10.7. The van der Waals surface area contributed by atoms with E-state index >= 15 is 0 Å². The summed E-state index contributed by atoms with van der Waals surface area (Å²) in [5.74, 6) is 3.03. The molecular formula is C28H29Cl3N4O. The number of amides is 2. The number of benzene rings is 2. The molecule has 2 aromatic carbocycles. The first-order chi connectivity index (χ1) is 17.4. The molecular weight excluding hydrogens is 515 g/mol. The van der Waals surface area contributed by atoms with Crippen molar-refractivity contribution in [3.63, 3.8) is 0 Å². The fraction of sp³-hybridized carbons (Fsp3) is 0.429. The van der Waals surface area contributed by atoms with Gasteiger partial charge in [0.25, 0.3) is 0 Å². The van der Waals surface area contributed by atoms with E-state index in [0.717, 1.165) is 40.0 Å². The number of hydrogen-bond acceptors (Lipinski definition) is 2. The lowest BCUT2D eigenvalue weighted by molar-refractivity contribution is -0.00942. The zero-order valence-corrected chi connectivity index (χ0v) is 22.4. The van der Waals surface area contributed by atoms with Gasteiger partial charge in [-0.1, -0.05) is 46.9 Å². The minimum atomic E-state index is -0.112. The van der Waals surface area contributed by atoms with Gasteiger partial charge in [0, 0.05) is 27.2 Å². The third-order valence-corrected chi connectivity index (χ3v) is 9.21. The minimum Gasteiger partial charge on any atom is -0.335 e. The van der Waals surface area contributed by atoms with E-state index in [9.17, 15) is 4.79 Å². The molecule has 5 nitrogen and oxygen atoms in total. The molecule has 0 atom stereocenters. The summed E-state index contributed by atoms with van der Waals surface area (Å²) >= 11 is 18.8. The third-order valence-electron chi connectivity index (χ3n) is 8.42. The molecule has 188 valence electrons. The van der Waals surface area contributed by atoms with E-state index in [-0.39, 0.29) is 6.03 Å². The van der Waals surface area contributed by atoms with Crippen LogP contribution in [0.4, 0.5) is 4.79 Å². The van der Waals surface area contributed by atoms with Crippen LogP contribution in [0.2, 0.25) is 15.1 Å². The Labute approximate surface area is 226 Å². The Hall–Kier alpha value is -2.21. The molecule has 4 aliphatic rings. The van der Waals surface area contributed by atoms with Crippen LogP contribution in [-0.2, 0) is 6.54 Å². The minimum absolute atomic E-state index is 0.112. The molecule has 0 spiro atoms. The van der Waals surface area contributed by atoms with Crippen LogP contribution in [0.25, 0.3) is 16.9 Å². The van der Waals surface area contributed by atoms with Gasteiger partial charge in [-0.25, -0.2) is 9.48 Å². The molecule has 2 amide bonds. The van der Waals surface area contributed by atoms with E-state index < -0.39 is 0 Å². The highest BCUT2D eigenvalue weighted by Gasteiger charge is 2.48. The van der Waals surface area contributed by atoms with E-state index in [4.69, 9.17) is 39.9 Å². The average Bonchev–Trinajstić information content (AvgIpc) is 3.16. The van der Waals surface area contributed by atoms with E-state index in [1.807, 2.05) is 41.9 Å². The number of nitrogens with one attached hydrogen (secondary N) is 2. The van der Waals surface area contributed by atoms with Gasteiger partial charge < -0.3 is 10.6 Å². The maximum atomic E-state index is 13.0. The summed E-state index contributed by atoms with van der Waals surface area (Å²) in [6, 6.07) is 13.2. The second kappa shape index (κ2) is 9.59. The molecule has 3 aromatic rings. The lowest BCUT2D eigenvalue weighted by Crippen LogP contribution is -2.57. The molecule has 0 unspecified atom stereocenters. The SMILES string of the molecule is Cc1c(CNC(=O)NC2C3CC4CC(C3)CC2C4)nn(-c2ccc(Cl)cc2Cl)c1-c1ccc(Cl)cc1. The number of aromatic nitrogens is 2. The Morgan fingerprint density at radius 1 is 0.944 bits per heavy atom. The molecule has 0 saturated heterocycles. The van der Waals surface area contributed by atoms with Crippen LogP contribution < -0.4 is 10.6 Å². The average molecular weight is 544 g/mol. The highest BCUT2D eigenvalue weighted by molar-refractivity contribution is 6.35. The molecule has 0 radical (unpaired) electrons. The predicted molar refractivity (Wildman–Crippen MR) is 145 cm³/mol. The van der Waals surface area contributed by atoms with E-state index in [0.29, 0.717) is 39.5 Å². The molecule has 4 saturated carbocycles. The normalized spacial score (nSPS) is 26.3. The lowest BCUT2D eigenvalue weighted by atomic mass is 9.54. The maximum Gasteiger partial charge on any atom is 0.315 e. The van der Waals surface area contributed by atoms with Gasteiger partial charge in [-0.05, 0) is 93.0 Å². The van der Waals surface area contributed by atoms with Crippen molar-refractivity contribution in [2.75, 3.05) is 0 Å². The first-order valence-electron chi connectivity index (χ1n) is 12.7. The highest BCUT2D eigenvalue weighted by Crippen LogP contribution is 2.53. The Bertz CT molecular complexity index is 1270. The molecule has 36 heavy (non-hydrogen) atoms. The monoisotopic (exact) mass is 542 g/mol. The smallest absolute Gasteiger partial charge is 0.315 e. The molecule has 4 aliphatic carbocycles. The summed E-state index contributed by atoms with van der Waals surface area (Å²) in [7, 11) is 0. The van der Waals surface area contributed by atoms with Crippen molar-refractivity contribution in [2.45, 2.75) is 51.6 Å². The molecule has 0 aliphatic heterocycles. The summed E-state index contributed by atoms with van der Waals surface area (Å²) in [4.78, 5) is 13.0. The van der Waals surface area contributed by atoms with Crippen molar-refractivity contribution in [2.24, 2.45) is 23.7 Å². The van der Waals surface area contributed by atoms with Gasteiger partial charge >= 0.3 is 6.03 Å². The number of nitrogens with zero attached hydrogens (tertiary/aromatic N) is 2. The quantitative estimate of drug-likeness (QED) is 0.351. The van der Waals surface area contributed by atoms with Crippen molar-refractivity contribution in [1.82, 2.24) is 20.4 Å². The Kier molecular flexibility index (Phi) is 6.43. The van der Waals surface area contributed by atoms with Crippen molar-refractivity contribution in [3.8, 4) is 16.9 Å². The third kappa shape index (κ3) is 4.51. The van der Waals surface area contributed by atoms with E-state index in [1.165, 1.54) is 32.1 Å². The van der Waals surface area contributed by atoms with Gasteiger partial charge in [0.05, 0.1) is 28.6 Å². The van der Waals surface area contributed by atoms with Crippen LogP contribution >= 0.6 is 34.8 Å². The summed E-state index contributed by atoms with van der Waals surface area (Å²) in [6.07, 6.45) is 6.49. The van der Waals surface area contributed by atoms with Crippen molar-refractivity contribution < 1.29 is 4.79 Å². The zero-order chi connectivity index (χ0) is 25.0.